The van der Waals surface area contributed by atoms with E-state index in [9.17, 15) is 9.59 Å². The summed E-state index contributed by atoms with van der Waals surface area (Å²) in [6, 6.07) is 15.8. The van der Waals surface area contributed by atoms with Gasteiger partial charge in [0.25, 0.3) is 5.91 Å². The van der Waals surface area contributed by atoms with Crippen LogP contribution in [0.25, 0.3) is 10.9 Å². The fraction of sp³-hybridized carbons (Fsp3) is 0.385. The summed E-state index contributed by atoms with van der Waals surface area (Å²) in [6.45, 7) is 1.83. The fourth-order valence-corrected chi connectivity index (χ4v) is 4.82. The van der Waals surface area contributed by atoms with Crippen molar-refractivity contribution in [2.24, 2.45) is 0 Å². The number of para-hydroxylation sites is 3. The Morgan fingerprint density at radius 2 is 1.78 bits per heavy atom. The molecule has 3 aromatic rings. The number of aryl methyl sites for hydroxylation is 1. The van der Waals surface area contributed by atoms with Crippen molar-refractivity contribution >= 4 is 28.4 Å². The molecule has 6 nitrogen and oxygen atoms in total. The molecule has 2 aliphatic heterocycles. The van der Waals surface area contributed by atoms with Gasteiger partial charge in [0, 0.05) is 36.6 Å². The van der Waals surface area contributed by atoms with Crippen LogP contribution in [0.15, 0.2) is 54.7 Å². The predicted molar refractivity (Wildman–Crippen MR) is 125 cm³/mol. The van der Waals surface area contributed by atoms with Crippen molar-refractivity contribution in [3.05, 3.63) is 60.3 Å². The lowest BCUT2D eigenvalue weighted by molar-refractivity contribution is -0.139. The zero-order chi connectivity index (χ0) is 21.9. The Bertz CT molecular complexity index is 1120. The first-order valence-corrected chi connectivity index (χ1v) is 11.6. The van der Waals surface area contributed by atoms with Gasteiger partial charge in [-0.1, -0.05) is 30.3 Å². The summed E-state index contributed by atoms with van der Waals surface area (Å²) in [5, 5.41) is 1.21. The second kappa shape index (κ2) is 9.07. The highest BCUT2D eigenvalue weighted by molar-refractivity contribution is 5.97. The molecule has 0 spiro atoms. The molecule has 0 aliphatic carbocycles. The fourth-order valence-electron chi connectivity index (χ4n) is 4.82. The summed E-state index contributed by atoms with van der Waals surface area (Å²) in [4.78, 5) is 33.3. The maximum absolute atomic E-state index is 13.2. The summed E-state index contributed by atoms with van der Waals surface area (Å²) in [6.07, 6.45) is 6.64. The zero-order valence-electron chi connectivity index (χ0n) is 18.3. The third kappa shape index (κ3) is 4.09. The molecule has 0 unspecified atom stereocenters. The van der Waals surface area contributed by atoms with Crippen LogP contribution in [0.1, 0.15) is 37.7 Å². The van der Waals surface area contributed by atoms with Gasteiger partial charge < -0.3 is 19.5 Å². The van der Waals surface area contributed by atoms with E-state index < -0.39 is 6.10 Å². The van der Waals surface area contributed by atoms with E-state index in [0.29, 0.717) is 12.2 Å². The molecule has 0 saturated carbocycles. The van der Waals surface area contributed by atoms with Gasteiger partial charge in [-0.15, -0.1) is 0 Å². The summed E-state index contributed by atoms with van der Waals surface area (Å²) < 4.78 is 6.05. The van der Waals surface area contributed by atoms with Crippen LogP contribution >= 0.6 is 0 Å². The lowest BCUT2D eigenvalue weighted by Gasteiger charge is -2.37. The minimum Gasteiger partial charge on any atom is -0.476 e. The molecule has 1 atom stereocenters. The third-order valence-corrected chi connectivity index (χ3v) is 6.53. The van der Waals surface area contributed by atoms with Gasteiger partial charge in [-0.2, -0.15) is 0 Å². The summed E-state index contributed by atoms with van der Waals surface area (Å²) in [5.74, 6) is 0.645. The number of aromatic amines is 1. The number of hydrogen-bond donors (Lipinski definition) is 1. The molecule has 1 saturated heterocycles. The van der Waals surface area contributed by atoms with Gasteiger partial charge in [-0.25, -0.2) is 0 Å². The van der Waals surface area contributed by atoms with E-state index in [0.717, 1.165) is 50.0 Å². The van der Waals surface area contributed by atoms with E-state index in [1.54, 1.807) is 4.90 Å². The van der Waals surface area contributed by atoms with Crippen LogP contribution in [0.4, 0.5) is 5.69 Å². The van der Waals surface area contributed by atoms with Crippen molar-refractivity contribution in [1.82, 2.24) is 9.88 Å². The van der Waals surface area contributed by atoms with E-state index in [4.69, 9.17) is 4.74 Å². The topological polar surface area (TPSA) is 65.6 Å². The number of aromatic nitrogens is 1. The first-order valence-electron chi connectivity index (χ1n) is 11.6. The molecule has 166 valence electrons. The molecule has 2 amide bonds. The minimum absolute atomic E-state index is 0.00389. The Kier molecular flexibility index (Phi) is 5.84. The Morgan fingerprint density at radius 1 is 1.00 bits per heavy atom. The van der Waals surface area contributed by atoms with Crippen LogP contribution in [0.2, 0.25) is 0 Å². The van der Waals surface area contributed by atoms with Crippen LogP contribution < -0.4 is 9.64 Å². The molecule has 5 rings (SSSR count). The molecule has 0 bridgehead atoms. The zero-order valence-corrected chi connectivity index (χ0v) is 18.3. The van der Waals surface area contributed by atoms with Crippen molar-refractivity contribution in [2.75, 3.05) is 24.5 Å². The number of fused-ring (bicyclic) bond motifs is 2. The average Bonchev–Trinajstić information content (AvgIpc) is 3.26. The summed E-state index contributed by atoms with van der Waals surface area (Å²) in [7, 11) is 0. The average molecular weight is 432 g/mol. The summed E-state index contributed by atoms with van der Waals surface area (Å²) in [5.41, 5.74) is 3.11. The normalized spacial score (nSPS) is 18.3. The third-order valence-electron chi connectivity index (χ3n) is 6.53. The van der Waals surface area contributed by atoms with E-state index in [-0.39, 0.29) is 18.4 Å². The van der Waals surface area contributed by atoms with Crippen LogP contribution in [0, 0.1) is 0 Å². The van der Waals surface area contributed by atoms with Gasteiger partial charge in [0.2, 0.25) is 5.91 Å². The minimum atomic E-state index is -0.638. The monoisotopic (exact) mass is 431 g/mol. The Balaban J connectivity index is 1.27. The first-order chi connectivity index (χ1) is 15.7. The largest absolute Gasteiger partial charge is 0.476 e. The van der Waals surface area contributed by atoms with Crippen LogP contribution in [0.3, 0.4) is 0 Å². The highest BCUT2D eigenvalue weighted by atomic mass is 16.5. The van der Waals surface area contributed by atoms with Gasteiger partial charge >= 0.3 is 0 Å². The lowest BCUT2D eigenvalue weighted by atomic mass is 10.1. The number of rotatable bonds is 5. The van der Waals surface area contributed by atoms with Gasteiger partial charge in [0.1, 0.15) is 5.75 Å². The molecule has 32 heavy (non-hydrogen) atoms. The maximum atomic E-state index is 13.2. The number of nitrogens with one attached hydrogen (secondary N) is 1. The number of piperidine rings is 1. The number of ether oxygens (including phenoxy) is 1. The second-order valence-corrected chi connectivity index (χ2v) is 8.68. The first kappa shape index (κ1) is 20.6. The molecule has 6 heteroatoms. The molecule has 2 aromatic carbocycles. The maximum Gasteiger partial charge on any atom is 0.265 e. The molecule has 1 aromatic heterocycles. The van der Waals surface area contributed by atoms with Gasteiger partial charge in [-0.05, 0) is 55.9 Å². The van der Waals surface area contributed by atoms with E-state index >= 15 is 0 Å². The van der Waals surface area contributed by atoms with E-state index in [2.05, 4.69) is 17.1 Å². The molecule has 3 heterocycles. The number of hydrogen-bond acceptors (Lipinski definition) is 3. The van der Waals surface area contributed by atoms with Crippen molar-refractivity contribution in [3.63, 3.8) is 0 Å². The van der Waals surface area contributed by atoms with E-state index in [1.165, 1.54) is 17.4 Å². The quantitative estimate of drug-likeness (QED) is 0.655. The standard InChI is InChI=1S/C26H29N3O3/c30-25(14-8-9-19-17-27-21-11-3-2-10-20(19)21)29-18-24(26(31)28-15-6-1-7-16-28)32-23-13-5-4-12-22(23)29/h2-5,10-13,17,24,27H,1,6-9,14-16,18H2/t24-/m0/s1. The molecular formula is C26H29N3O3. The highest BCUT2D eigenvalue weighted by Gasteiger charge is 2.36. The number of H-pyrrole nitrogens is 1. The summed E-state index contributed by atoms with van der Waals surface area (Å²) >= 11 is 0. The van der Waals surface area contributed by atoms with Crippen molar-refractivity contribution in [2.45, 2.75) is 44.6 Å². The van der Waals surface area contributed by atoms with Gasteiger partial charge in [0.15, 0.2) is 6.10 Å². The van der Waals surface area contributed by atoms with Crippen LogP contribution in [-0.2, 0) is 16.0 Å². The Morgan fingerprint density at radius 3 is 2.66 bits per heavy atom. The number of likely N-dealkylation sites (tertiary alicyclic amines) is 1. The smallest absolute Gasteiger partial charge is 0.265 e. The molecule has 2 aliphatic rings. The predicted octanol–water partition coefficient (Wildman–Crippen LogP) is 4.30. The number of amides is 2. The number of benzene rings is 2. The number of nitrogens with zero attached hydrogens (tertiary/aromatic N) is 2. The van der Waals surface area contributed by atoms with Crippen molar-refractivity contribution < 1.29 is 14.3 Å². The second-order valence-electron chi connectivity index (χ2n) is 8.68. The Hall–Kier alpha value is -3.28. The van der Waals surface area contributed by atoms with Crippen LogP contribution in [-0.4, -0.2) is 47.4 Å². The SMILES string of the molecule is O=C([C@@H]1CN(C(=O)CCCc2c[nH]c3ccccc23)c2ccccc2O1)N1CCCCC1. The Labute approximate surface area is 188 Å². The molecular weight excluding hydrogens is 402 g/mol. The number of carbonyl (C=O) groups is 2. The van der Waals surface area contributed by atoms with Gasteiger partial charge in [0.05, 0.1) is 12.2 Å². The molecule has 1 N–H and O–H groups in total. The lowest BCUT2D eigenvalue weighted by Crippen LogP contribution is -2.52. The van der Waals surface area contributed by atoms with Crippen LogP contribution in [0.5, 0.6) is 5.75 Å². The van der Waals surface area contributed by atoms with Crippen molar-refractivity contribution in [1.29, 1.82) is 0 Å². The number of carbonyl (C=O) groups excluding carboxylic acids is 2. The van der Waals surface area contributed by atoms with Gasteiger partial charge in [-0.3, -0.25) is 9.59 Å². The molecule has 0 radical (unpaired) electrons. The highest BCUT2D eigenvalue weighted by Crippen LogP contribution is 2.34. The van der Waals surface area contributed by atoms with E-state index in [1.807, 2.05) is 47.5 Å². The number of anilines is 1. The van der Waals surface area contributed by atoms with Crippen molar-refractivity contribution in [3.8, 4) is 5.75 Å². The molecule has 1 fully saturated rings.